The molecule has 14 heteroatoms. The van der Waals surface area contributed by atoms with Crippen LogP contribution in [0.25, 0.3) is 17.4 Å². The van der Waals surface area contributed by atoms with Crippen LogP contribution in [0.5, 0.6) is 5.75 Å². The summed E-state index contributed by atoms with van der Waals surface area (Å²) in [5.74, 6) is 0.356. The number of allylic oxidation sites excluding steroid dienone is 1. The molecule has 0 saturated carbocycles. The van der Waals surface area contributed by atoms with Crippen LogP contribution in [-0.4, -0.2) is 29.7 Å². The number of aromatic nitrogens is 1. The number of carbonyl (C=O) groups excluding carboxylic acids is 1. The highest BCUT2D eigenvalue weighted by molar-refractivity contribution is 7.07. The van der Waals surface area contributed by atoms with Crippen molar-refractivity contribution in [3.05, 3.63) is 110 Å². The lowest BCUT2D eigenvalue weighted by molar-refractivity contribution is -0.384. The fourth-order valence-electron chi connectivity index (χ4n) is 4.48. The van der Waals surface area contributed by atoms with Gasteiger partial charge in [0, 0.05) is 28.3 Å². The number of fused-ring (bicyclic) bond motifs is 1. The van der Waals surface area contributed by atoms with Crippen LogP contribution in [-0.2, 0) is 9.53 Å². The zero-order valence-electron chi connectivity index (χ0n) is 21.4. The number of halogens is 3. The first-order valence-electron chi connectivity index (χ1n) is 11.7. The molecule has 1 atom stereocenters. The number of ether oxygens (including phenoxy) is 2. The number of rotatable bonds is 6. The molecule has 41 heavy (non-hydrogen) atoms. The Bertz CT molecular complexity index is 1960. The molecule has 1 aliphatic heterocycles. The van der Waals surface area contributed by atoms with Crippen molar-refractivity contribution in [2.75, 3.05) is 14.2 Å². The molecule has 0 fully saturated rings. The van der Waals surface area contributed by atoms with Gasteiger partial charge in [0.25, 0.3) is 11.2 Å². The summed E-state index contributed by atoms with van der Waals surface area (Å²) in [4.78, 5) is 42.1. The standard InChI is InChI=1S/C27H18Cl3N3O7S/c1-12-23(26(35)39-3)24(16-8-13(28)4-6-20(16)38-2)32-25(34)22(41-27(32)31-12)9-14-5-7-21(40-14)15-10-18(30)19(33(36)37)11-17(15)29/h4-11,24H,1-3H3/b22-9-/t24-/m1/s1. The summed E-state index contributed by atoms with van der Waals surface area (Å²) in [6, 6.07) is 9.69. The smallest absolute Gasteiger partial charge is 0.338 e. The van der Waals surface area contributed by atoms with Crippen LogP contribution in [0.15, 0.2) is 67.9 Å². The molecule has 0 bridgehead atoms. The second-order valence-electron chi connectivity index (χ2n) is 8.70. The van der Waals surface area contributed by atoms with Crippen molar-refractivity contribution in [2.24, 2.45) is 4.99 Å². The molecule has 0 saturated heterocycles. The van der Waals surface area contributed by atoms with Gasteiger partial charge in [-0.1, -0.05) is 46.1 Å². The maximum Gasteiger partial charge on any atom is 0.338 e. The Kier molecular flexibility index (Phi) is 7.80. The summed E-state index contributed by atoms with van der Waals surface area (Å²) in [6.07, 6.45) is 1.53. The zero-order valence-corrected chi connectivity index (χ0v) is 24.5. The number of thiazole rings is 1. The summed E-state index contributed by atoms with van der Waals surface area (Å²) < 4.78 is 18.1. The van der Waals surface area contributed by atoms with E-state index in [0.29, 0.717) is 38.2 Å². The monoisotopic (exact) mass is 633 g/mol. The van der Waals surface area contributed by atoms with Crippen LogP contribution < -0.4 is 19.6 Å². The third-order valence-corrected chi connectivity index (χ3v) is 8.15. The maximum absolute atomic E-state index is 13.8. The first-order valence-corrected chi connectivity index (χ1v) is 13.7. The van der Waals surface area contributed by atoms with Crippen molar-refractivity contribution >= 4 is 63.9 Å². The average Bonchev–Trinajstić information content (AvgIpc) is 3.52. The van der Waals surface area contributed by atoms with Crippen molar-refractivity contribution in [3.63, 3.8) is 0 Å². The molecule has 0 radical (unpaired) electrons. The number of furan rings is 1. The van der Waals surface area contributed by atoms with E-state index < -0.39 is 22.5 Å². The van der Waals surface area contributed by atoms with E-state index in [0.717, 1.165) is 17.4 Å². The molecule has 1 aliphatic rings. The van der Waals surface area contributed by atoms with Gasteiger partial charge in [-0.15, -0.1) is 0 Å². The van der Waals surface area contributed by atoms with Gasteiger partial charge in [0.15, 0.2) is 4.80 Å². The van der Waals surface area contributed by atoms with Crippen molar-refractivity contribution < 1.29 is 23.6 Å². The molecule has 0 aliphatic carbocycles. The van der Waals surface area contributed by atoms with Crippen LogP contribution in [0.2, 0.25) is 15.1 Å². The summed E-state index contributed by atoms with van der Waals surface area (Å²) in [6.45, 7) is 1.66. The normalized spacial score (nSPS) is 15.0. The number of hydrogen-bond donors (Lipinski definition) is 0. The lowest BCUT2D eigenvalue weighted by Gasteiger charge is -2.25. The molecule has 3 heterocycles. The maximum atomic E-state index is 13.8. The van der Waals surface area contributed by atoms with Crippen molar-refractivity contribution in [1.29, 1.82) is 0 Å². The number of hydrogen-bond acceptors (Lipinski definition) is 9. The Hall–Kier alpha value is -3.90. The minimum Gasteiger partial charge on any atom is -0.496 e. The van der Waals surface area contributed by atoms with Gasteiger partial charge in [0.05, 0.1) is 40.0 Å². The highest BCUT2D eigenvalue weighted by atomic mass is 35.5. The van der Waals surface area contributed by atoms with E-state index in [1.165, 1.54) is 30.9 Å². The molecule has 210 valence electrons. The predicted octanol–water partition coefficient (Wildman–Crippen LogP) is 5.55. The molecular weight excluding hydrogens is 617 g/mol. The van der Waals surface area contributed by atoms with Gasteiger partial charge in [-0.3, -0.25) is 19.5 Å². The Labute approximate surface area is 250 Å². The molecule has 4 aromatic rings. The van der Waals surface area contributed by atoms with E-state index in [-0.39, 0.29) is 31.6 Å². The molecule has 2 aromatic carbocycles. The molecule has 0 amide bonds. The van der Waals surface area contributed by atoms with E-state index in [2.05, 4.69) is 4.99 Å². The van der Waals surface area contributed by atoms with E-state index in [1.54, 1.807) is 37.3 Å². The number of nitro benzene ring substituents is 1. The van der Waals surface area contributed by atoms with E-state index in [1.807, 2.05) is 0 Å². The van der Waals surface area contributed by atoms with Gasteiger partial charge < -0.3 is 13.9 Å². The zero-order chi connectivity index (χ0) is 29.6. The number of nitro groups is 1. The number of esters is 1. The number of benzene rings is 2. The Morgan fingerprint density at radius 3 is 2.59 bits per heavy atom. The number of carbonyl (C=O) groups is 1. The molecule has 10 nitrogen and oxygen atoms in total. The van der Waals surface area contributed by atoms with Gasteiger partial charge in [-0.05, 0) is 43.3 Å². The van der Waals surface area contributed by atoms with Crippen LogP contribution in [0, 0.1) is 10.1 Å². The van der Waals surface area contributed by atoms with Gasteiger partial charge in [0.2, 0.25) is 0 Å². The van der Waals surface area contributed by atoms with Gasteiger partial charge in [-0.2, -0.15) is 0 Å². The largest absolute Gasteiger partial charge is 0.496 e. The van der Waals surface area contributed by atoms with E-state index in [9.17, 15) is 19.7 Å². The Morgan fingerprint density at radius 1 is 1.15 bits per heavy atom. The van der Waals surface area contributed by atoms with Crippen LogP contribution in [0.3, 0.4) is 0 Å². The average molecular weight is 635 g/mol. The van der Waals surface area contributed by atoms with Crippen molar-refractivity contribution in [1.82, 2.24) is 4.57 Å². The van der Waals surface area contributed by atoms with Crippen LogP contribution >= 0.6 is 46.1 Å². The number of nitrogens with zero attached hydrogens (tertiary/aromatic N) is 3. The molecule has 5 rings (SSSR count). The van der Waals surface area contributed by atoms with E-state index in [4.69, 9.17) is 48.7 Å². The topological polar surface area (TPSA) is 126 Å². The molecule has 0 unspecified atom stereocenters. The molecular formula is C27H18Cl3N3O7S. The molecule has 0 N–H and O–H groups in total. The lowest BCUT2D eigenvalue weighted by Crippen LogP contribution is -2.40. The highest BCUT2D eigenvalue weighted by Crippen LogP contribution is 2.38. The van der Waals surface area contributed by atoms with E-state index >= 15 is 0 Å². The van der Waals surface area contributed by atoms with Gasteiger partial charge in [-0.25, -0.2) is 9.79 Å². The first-order chi connectivity index (χ1) is 19.5. The predicted molar refractivity (Wildman–Crippen MR) is 155 cm³/mol. The highest BCUT2D eigenvalue weighted by Gasteiger charge is 2.35. The molecule has 0 spiro atoms. The third kappa shape index (κ3) is 5.17. The van der Waals surface area contributed by atoms with Crippen LogP contribution in [0.1, 0.15) is 24.3 Å². The Balaban J connectivity index is 1.66. The fourth-order valence-corrected chi connectivity index (χ4v) is 6.17. The van der Waals surface area contributed by atoms with Crippen LogP contribution in [0.4, 0.5) is 5.69 Å². The minimum absolute atomic E-state index is 0.0719. The summed E-state index contributed by atoms with van der Waals surface area (Å²) >= 11 is 19.7. The summed E-state index contributed by atoms with van der Waals surface area (Å²) in [5.41, 5.74) is 0.589. The van der Waals surface area contributed by atoms with Gasteiger partial charge in [0.1, 0.15) is 28.3 Å². The summed E-state index contributed by atoms with van der Waals surface area (Å²) in [5, 5.41) is 11.5. The second-order valence-corrected chi connectivity index (χ2v) is 11.0. The lowest BCUT2D eigenvalue weighted by atomic mass is 9.95. The fraction of sp³-hybridized carbons (Fsp3) is 0.148. The summed E-state index contributed by atoms with van der Waals surface area (Å²) in [7, 11) is 2.72. The van der Waals surface area contributed by atoms with Crippen molar-refractivity contribution in [3.8, 4) is 17.1 Å². The minimum atomic E-state index is -0.928. The molecule has 2 aromatic heterocycles. The second kappa shape index (κ2) is 11.2. The SMILES string of the molecule is COC(=O)C1=C(C)N=c2s/c(=C\c3ccc(-c4cc(Cl)c([N+](=O)[O-])cc4Cl)o3)c(=O)n2[C@@H]1c1cc(Cl)ccc1OC. The first kappa shape index (κ1) is 28.6. The third-order valence-electron chi connectivity index (χ3n) is 6.31. The Morgan fingerprint density at radius 2 is 1.90 bits per heavy atom. The number of methoxy groups -OCH3 is 2. The quantitative estimate of drug-likeness (QED) is 0.155. The van der Waals surface area contributed by atoms with Gasteiger partial charge >= 0.3 is 5.97 Å². The van der Waals surface area contributed by atoms with Crippen molar-refractivity contribution in [2.45, 2.75) is 13.0 Å².